The number of esters is 1. The monoisotopic (exact) mass is 251 g/mol. The number of aliphatic hydroxyl groups excluding tert-OH is 1. The number of carbonyl (C=O) groups excluding carboxylic acids is 1. The summed E-state index contributed by atoms with van der Waals surface area (Å²) in [4.78, 5) is 11.5. The number of rotatable bonds is 6. The molecule has 1 rings (SSSR count). The molecule has 1 atom stereocenters. The zero-order chi connectivity index (χ0) is 13.5. The van der Waals surface area contributed by atoms with Crippen LogP contribution in [-0.2, 0) is 9.47 Å². The van der Waals surface area contributed by atoms with Gasteiger partial charge in [-0.2, -0.15) is 0 Å². The first-order valence-electron chi connectivity index (χ1n) is 5.48. The minimum Gasteiger partial charge on any atom is -0.460 e. The fraction of sp³-hybridized carbons (Fsp3) is 0.308. The molecule has 3 N–H and O–H groups in total. The third kappa shape index (κ3) is 4.57. The molecule has 0 radical (unpaired) electrons. The molecule has 0 saturated carbocycles. The maximum Gasteiger partial charge on any atom is 0.338 e. The van der Waals surface area contributed by atoms with Crippen LogP contribution in [0.5, 0.6) is 0 Å². The standard InChI is InChI=1S/C13H17NO4/c1-9(2)12(15)17-7-8-18-13(16)10-3-5-11(14)6-4-10/h3-6,12,15H,1,7-8,14H2,2H3. The fourth-order valence-electron chi connectivity index (χ4n) is 1.14. The van der Waals surface area contributed by atoms with Crippen molar-refractivity contribution in [1.29, 1.82) is 0 Å². The summed E-state index contributed by atoms with van der Waals surface area (Å²) in [5.41, 5.74) is 7.01. The highest BCUT2D eigenvalue weighted by Gasteiger charge is 2.08. The summed E-state index contributed by atoms with van der Waals surface area (Å²) in [7, 11) is 0. The summed E-state index contributed by atoms with van der Waals surface area (Å²) in [6.07, 6.45) is -1.03. The predicted molar refractivity (Wildman–Crippen MR) is 67.9 cm³/mol. The number of aliphatic hydroxyl groups is 1. The molecular weight excluding hydrogens is 234 g/mol. The van der Waals surface area contributed by atoms with Gasteiger partial charge in [-0.1, -0.05) is 6.58 Å². The Morgan fingerprint density at radius 1 is 1.39 bits per heavy atom. The van der Waals surface area contributed by atoms with Gasteiger partial charge in [-0.3, -0.25) is 0 Å². The van der Waals surface area contributed by atoms with Crippen LogP contribution in [0.2, 0.25) is 0 Å². The highest BCUT2D eigenvalue weighted by Crippen LogP contribution is 2.07. The van der Waals surface area contributed by atoms with Crippen LogP contribution in [0.4, 0.5) is 5.69 Å². The third-order valence-electron chi connectivity index (χ3n) is 2.16. The van der Waals surface area contributed by atoms with E-state index in [-0.39, 0.29) is 13.2 Å². The lowest BCUT2D eigenvalue weighted by molar-refractivity contribution is -0.0828. The second-order valence-electron chi connectivity index (χ2n) is 3.83. The van der Waals surface area contributed by atoms with E-state index in [1.165, 1.54) is 0 Å². The molecule has 0 fully saturated rings. The van der Waals surface area contributed by atoms with Gasteiger partial charge in [0.25, 0.3) is 0 Å². The minimum atomic E-state index is -1.03. The lowest BCUT2D eigenvalue weighted by Gasteiger charge is -2.11. The molecule has 0 bridgehead atoms. The normalized spacial score (nSPS) is 11.9. The van der Waals surface area contributed by atoms with Crippen LogP contribution in [-0.4, -0.2) is 30.6 Å². The summed E-state index contributed by atoms with van der Waals surface area (Å²) >= 11 is 0. The Labute approximate surface area is 106 Å². The minimum absolute atomic E-state index is 0.0630. The highest BCUT2D eigenvalue weighted by atomic mass is 16.6. The SMILES string of the molecule is C=C(C)C(O)OCCOC(=O)c1ccc(N)cc1. The van der Waals surface area contributed by atoms with Crippen molar-refractivity contribution in [2.24, 2.45) is 0 Å². The number of hydrogen-bond donors (Lipinski definition) is 2. The predicted octanol–water partition coefficient (Wildman–Crippen LogP) is 1.34. The largest absolute Gasteiger partial charge is 0.460 e. The molecule has 0 aliphatic rings. The average molecular weight is 251 g/mol. The maximum atomic E-state index is 11.5. The molecule has 98 valence electrons. The molecule has 18 heavy (non-hydrogen) atoms. The maximum absolute atomic E-state index is 11.5. The number of ether oxygens (including phenoxy) is 2. The van der Waals surface area contributed by atoms with Crippen molar-refractivity contribution in [1.82, 2.24) is 0 Å². The first-order chi connectivity index (χ1) is 8.50. The van der Waals surface area contributed by atoms with Gasteiger partial charge in [-0.25, -0.2) is 4.79 Å². The van der Waals surface area contributed by atoms with Crippen LogP contribution in [0.25, 0.3) is 0 Å². The van der Waals surface area contributed by atoms with Crippen molar-refractivity contribution < 1.29 is 19.4 Å². The van der Waals surface area contributed by atoms with Gasteiger partial charge in [0.2, 0.25) is 0 Å². The van der Waals surface area contributed by atoms with Gasteiger partial charge in [0.15, 0.2) is 6.29 Å². The zero-order valence-electron chi connectivity index (χ0n) is 10.3. The molecule has 1 aromatic rings. The first kappa shape index (κ1) is 14.2. The molecule has 0 saturated heterocycles. The fourth-order valence-corrected chi connectivity index (χ4v) is 1.14. The van der Waals surface area contributed by atoms with Gasteiger partial charge in [0.05, 0.1) is 12.2 Å². The second-order valence-corrected chi connectivity index (χ2v) is 3.83. The van der Waals surface area contributed by atoms with E-state index in [1.54, 1.807) is 31.2 Å². The number of nitrogens with two attached hydrogens (primary N) is 1. The molecule has 1 aromatic carbocycles. The van der Waals surface area contributed by atoms with Crippen molar-refractivity contribution in [2.75, 3.05) is 18.9 Å². The van der Waals surface area contributed by atoms with E-state index < -0.39 is 12.3 Å². The lowest BCUT2D eigenvalue weighted by Crippen LogP contribution is -2.18. The summed E-state index contributed by atoms with van der Waals surface area (Å²) < 4.78 is 9.92. The molecule has 0 spiro atoms. The van der Waals surface area contributed by atoms with Crippen molar-refractivity contribution in [3.8, 4) is 0 Å². The van der Waals surface area contributed by atoms with Gasteiger partial charge in [0.1, 0.15) is 6.61 Å². The molecule has 0 aliphatic carbocycles. The van der Waals surface area contributed by atoms with E-state index in [0.29, 0.717) is 16.8 Å². The summed E-state index contributed by atoms with van der Waals surface area (Å²) in [6, 6.07) is 6.42. The van der Waals surface area contributed by atoms with Crippen LogP contribution in [0, 0.1) is 0 Å². The van der Waals surface area contributed by atoms with E-state index in [1.807, 2.05) is 0 Å². The van der Waals surface area contributed by atoms with E-state index >= 15 is 0 Å². The Balaban J connectivity index is 2.29. The van der Waals surface area contributed by atoms with Crippen molar-refractivity contribution in [2.45, 2.75) is 13.2 Å². The number of anilines is 1. The van der Waals surface area contributed by atoms with Gasteiger partial charge in [-0.15, -0.1) is 0 Å². The van der Waals surface area contributed by atoms with Crippen LogP contribution in [0.3, 0.4) is 0 Å². The average Bonchev–Trinajstić information content (AvgIpc) is 2.34. The quantitative estimate of drug-likeness (QED) is 0.262. The Bertz CT molecular complexity index is 414. The highest BCUT2D eigenvalue weighted by molar-refractivity contribution is 5.89. The molecular formula is C13H17NO4. The molecule has 0 heterocycles. The van der Waals surface area contributed by atoms with E-state index in [4.69, 9.17) is 15.2 Å². The molecule has 0 aliphatic heterocycles. The lowest BCUT2D eigenvalue weighted by atomic mass is 10.2. The number of nitrogen functional groups attached to an aromatic ring is 1. The van der Waals surface area contributed by atoms with Crippen LogP contribution >= 0.6 is 0 Å². The van der Waals surface area contributed by atoms with Crippen LogP contribution in [0.1, 0.15) is 17.3 Å². The molecule has 1 unspecified atom stereocenters. The van der Waals surface area contributed by atoms with Crippen LogP contribution in [0.15, 0.2) is 36.4 Å². The second kappa shape index (κ2) is 6.78. The summed E-state index contributed by atoms with van der Waals surface area (Å²) in [6.45, 7) is 5.34. The first-order valence-corrected chi connectivity index (χ1v) is 5.48. The van der Waals surface area contributed by atoms with Gasteiger partial charge < -0.3 is 20.3 Å². The van der Waals surface area contributed by atoms with Crippen molar-refractivity contribution in [3.05, 3.63) is 42.0 Å². The summed E-state index contributed by atoms with van der Waals surface area (Å²) in [5.74, 6) is -0.455. The smallest absolute Gasteiger partial charge is 0.338 e. The zero-order valence-corrected chi connectivity index (χ0v) is 10.3. The Hall–Kier alpha value is -1.85. The Morgan fingerprint density at radius 3 is 2.56 bits per heavy atom. The topological polar surface area (TPSA) is 81.8 Å². The molecule has 5 heteroatoms. The summed E-state index contributed by atoms with van der Waals surface area (Å²) in [5, 5.41) is 9.26. The van der Waals surface area contributed by atoms with Crippen molar-refractivity contribution in [3.63, 3.8) is 0 Å². The van der Waals surface area contributed by atoms with Gasteiger partial charge >= 0.3 is 5.97 Å². The third-order valence-corrected chi connectivity index (χ3v) is 2.16. The number of benzene rings is 1. The number of carbonyl (C=O) groups is 1. The van der Waals surface area contributed by atoms with E-state index in [0.717, 1.165) is 0 Å². The molecule has 0 aromatic heterocycles. The van der Waals surface area contributed by atoms with Crippen molar-refractivity contribution >= 4 is 11.7 Å². The van der Waals surface area contributed by atoms with E-state index in [9.17, 15) is 9.90 Å². The molecule has 0 amide bonds. The van der Waals surface area contributed by atoms with Gasteiger partial charge in [0, 0.05) is 5.69 Å². The Morgan fingerprint density at radius 2 is 2.00 bits per heavy atom. The molecule has 5 nitrogen and oxygen atoms in total. The number of hydrogen-bond acceptors (Lipinski definition) is 5. The van der Waals surface area contributed by atoms with Crippen LogP contribution < -0.4 is 5.73 Å². The van der Waals surface area contributed by atoms with E-state index in [2.05, 4.69) is 6.58 Å². The van der Waals surface area contributed by atoms with Gasteiger partial charge in [-0.05, 0) is 36.8 Å². The Kier molecular flexibility index (Phi) is 5.35.